The summed E-state index contributed by atoms with van der Waals surface area (Å²) in [6.45, 7) is 5.30. The number of carbonyl (C=O) groups is 1. The van der Waals surface area contributed by atoms with Gasteiger partial charge in [0.25, 0.3) is 0 Å². The first-order valence-corrected chi connectivity index (χ1v) is 7.06. The monoisotopic (exact) mass is 254 g/mol. The number of nitrogens with zero attached hydrogens (tertiary/aromatic N) is 1. The van der Waals surface area contributed by atoms with Crippen LogP contribution in [0.5, 0.6) is 0 Å². The fraction of sp³-hybridized carbons (Fsp3) is 0.583. The van der Waals surface area contributed by atoms with Gasteiger partial charge in [-0.3, -0.25) is 0 Å². The van der Waals surface area contributed by atoms with Crippen LogP contribution in [-0.2, 0) is 0 Å². The van der Waals surface area contributed by atoms with Crippen molar-refractivity contribution in [1.82, 2.24) is 10.2 Å². The van der Waals surface area contributed by atoms with E-state index in [-0.39, 0.29) is 12.1 Å². The van der Waals surface area contributed by atoms with Gasteiger partial charge in [-0.25, -0.2) is 4.79 Å². The van der Waals surface area contributed by atoms with Crippen LogP contribution < -0.4 is 5.32 Å². The highest BCUT2D eigenvalue weighted by molar-refractivity contribution is 7.99. The molecule has 1 aliphatic heterocycles. The molecule has 1 N–H and O–H groups in total. The van der Waals surface area contributed by atoms with E-state index in [2.05, 4.69) is 5.32 Å². The second kappa shape index (κ2) is 5.49. The molecule has 0 radical (unpaired) electrons. The fourth-order valence-corrected chi connectivity index (χ4v) is 3.03. The van der Waals surface area contributed by atoms with E-state index in [1.54, 1.807) is 0 Å². The summed E-state index contributed by atoms with van der Waals surface area (Å²) in [5.74, 6) is 3.68. The van der Waals surface area contributed by atoms with Gasteiger partial charge in [-0.2, -0.15) is 11.8 Å². The van der Waals surface area contributed by atoms with E-state index < -0.39 is 0 Å². The Kier molecular flexibility index (Phi) is 3.99. The summed E-state index contributed by atoms with van der Waals surface area (Å²) in [5.41, 5.74) is 0. The third kappa shape index (κ3) is 2.77. The molecular formula is C12H18N2O2S. The number of rotatable bonds is 2. The van der Waals surface area contributed by atoms with E-state index in [0.717, 1.165) is 29.6 Å². The topological polar surface area (TPSA) is 45.5 Å². The Morgan fingerprint density at radius 1 is 1.65 bits per heavy atom. The molecule has 0 saturated carbocycles. The van der Waals surface area contributed by atoms with Crippen LogP contribution in [0.15, 0.2) is 16.5 Å². The van der Waals surface area contributed by atoms with Crippen LogP contribution >= 0.6 is 11.8 Å². The average molecular weight is 254 g/mol. The van der Waals surface area contributed by atoms with Gasteiger partial charge in [0.05, 0.1) is 0 Å². The zero-order valence-corrected chi connectivity index (χ0v) is 11.0. The number of thioether (sulfide) groups is 1. The van der Waals surface area contributed by atoms with E-state index in [0.29, 0.717) is 6.54 Å². The predicted octanol–water partition coefficient (Wildman–Crippen LogP) is 2.41. The summed E-state index contributed by atoms with van der Waals surface area (Å²) in [7, 11) is 0. The molecule has 0 aliphatic carbocycles. The maximum atomic E-state index is 12.0. The van der Waals surface area contributed by atoms with Crippen molar-refractivity contribution in [2.45, 2.75) is 19.9 Å². The first-order chi connectivity index (χ1) is 8.22. The molecule has 0 spiro atoms. The van der Waals surface area contributed by atoms with E-state index in [1.165, 1.54) is 0 Å². The highest BCUT2D eigenvalue weighted by atomic mass is 32.2. The van der Waals surface area contributed by atoms with Crippen LogP contribution in [0.2, 0.25) is 0 Å². The number of amides is 2. The van der Waals surface area contributed by atoms with Gasteiger partial charge in [-0.1, -0.05) is 0 Å². The first-order valence-electron chi connectivity index (χ1n) is 5.91. The molecule has 17 heavy (non-hydrogen) atoms. The Morgan fingerprint density at radius 3 is 3.12 bits per heavy atom. The molecule has 1 fully saturated rings. The first kappa shape index (κ1) is 12.4. The number of aryl methyl sites for hydroxylation is 1. The SMILES string of the molecule is CCNC(=O)N1CCSC[C@H]1c1ccc(C)o1. The quantitative estimate of drug-likeness (QED) is 0.881. The molecule has 1 aromatic rings. The van der Waals surface area contributed by atoms with Crippen LogP contribution in [-0.4, -0.2) is 35.5 Å². The minimum Gasteiger partial charge on any atom is -0.464 e. The summed E-state index contributed by atoms with van der Waals surface area (Å²) >= 11 is 1.86. The smallest absolute Gasteiger partial charge is 0.318 e. The molecule has 0 unspecified atom stereocenters. The standard InChI is InChI=1S/C12H18N2O2S/c1-3-13-12(15)14-6-7-17-8-10(14)11-5-4-9(2)16-11/h4-5,10H,3,6-8H2,1-2H3,(H,13,15)/t10-/m0/s1. The molecule has 2 rings (SSSR count). The lowest BCUT2D eigenvalue weighted by molar-refractivity contribution is 0.174. The fourth-order valence-electron chi connectivity index (χ4n) is 1.97. The van der Waals surface area contributed by atoms with Crippen LogP contribution in [0.25, 0.3) is 0 Å². The van der Waals surface area contributed by atoms with Crippen molar-refractivity contribution in [3.63, 3.8) is 0 Å². The second-order valence-electron chi connectivity index (χ2n) is 4.07. The lowest BCUT2D eigenvalue weighted by atomic mass is 10.2. The molecule has 0 aromatic carbocycles. The molecule has 2 heterocycles. The maximum absolute atomic E-state index is 12.0. The van der Waals surface area contributed by atoms with Gasteiger partial charge in [0.1, 0.15) is 17.6 Å². The normalized spacial score (nSPS) is 20.4. The molecule has 0 bridgehead atoms. The number of hydrogen-bond acceptors (Lipinski definition) is 3. The Morgan fingerprint density at radius 2 is 2.47 bits per heavy atom. The lowest BCUT2D eigenvalue weighted by Crippen LogP contribution is -2.46. The maximum Gasteiger partial charge on any atom is 0.318 e. The third-order valence-corrected chi connectivity index (χ3v) is 3.83. The number of nitrogens with one attached hydrogen (secondary N) is 1. The Labute approximate surface area is 106 Å². The van der Waals surface area contributed by atoms with Crippen LogP contribution in [0.1, 0.15) is 24.5 Å². The third-order valence-electron chi connectivity index (χ3n) is 2.81. The van der Waals surface area contributed by atoms with Crippen LogP contribution in [0, 0.1) is 6.92 Å². The van der Waals surface area contributed by atoms with Crippen molar-refractivity contribution in [3.8, 4) is 0 Å². The van der Waals surface area contributed by atoms with Crippen molar-refractivity contribution in [3.05, 3.63) is 23.7 Å². The van der Waals surface area contributed by atoms with Crippen molar-refractivity contribution in [2.75, 3.05) is 24.6 Å². The van der Waals surface area contributed by atoms with Gasteiger partial charge >= 0.3 is 6.03 Å². The number of urea groups is 1. The molecule has 1 aromatic heterocycles. The van der Waals surface area contributed by atoms with Gasteiger partial charge in [0.15, 0.2) is 0 Å². The van der Waals surface area contributed by atoms with Crippen molar-refractivity contribution in [1.29, 1.82) is 0 Å². The Balaban J connectivity index is 2.14. The molecule has 1 atom stereocenters. The molecular weight excluding hydrogens is 236 g/mol. The number of carbonyl (C=O) groups excluding carboxylic acids is 1. The summed E-state index contributed by atoms with van der Waals surface area (Å²) < 4.78 is 5.65. The summed E-state index contributed by atoms with van der Waals surface area (Å²) in [4.78, 5) is 13.8. The molecule has 5 heteroatoms. The van der Waals surface area contributed by atoms with Crippen molar-refractivity contribution >= 4 is 17.8 Å². The molecule has 94 valence electrons. The van der Waals surface area contributed by atoms with Crippen molar-refractivity contribution < 1.29 is 9.21 Å². The zero-order valence-electron chi connectivity index (χ0n) is 10.2. The van der Waals surface area contributed by atoms with E-state index >= 15 is 0 Å². The molecule has 1 saturated heterocycles. The van der Waals surface area contributed by atoms with Gasteiger partial charge in [0, 0.05) is 24.6 Å². The van der Waals surface area contributed by atoms with Gasteiger partial charge in [-0.05, 0) is 26.0 Å². The molecule has 2 amide bonds. The van der Waals surface area contributed by atoms with E-state index in [1.807, 2.05) is 42.6 Å². The van der Waals surface area contributed by atoms with E-state index in [9.17, 15) is 4.79 Å². The summed E-state index contributed by atoms with van der Waals surface area (Å²) in [5, 5.41) is 2.86. The van der Waals surface area contributed by atoms with Crippen LogP contribution in [0.4, 0.5) is 4.79 Å². The number of furan rings is 1. The Hall–Kier alpha value is -1.10. The van der Waals surface area contributed by atoms with Gasteiger partial charge in [-0.15, -0.1) is 0 Å². The van der Waals surface area contributed by atoms with E-state index in [4.69, 9.17) is 4.42 Å². The second-order valence-corrected chi connectivity index (χ2v) is 5.22. The Bertz CT molecular complexity index is 392. The average Bonchev–Trinajstić information content (AvgIpc) is 2.76. The predicted molar refractivity (Wildman–Crippen MR) is 69.3 cm³/mol. The minimum atomic E-state index is 0.00635. The highest BCUT2D eigenvalue weighted by Gasteiger charge is 2.30. The highest BCUT2D eigenvalue weighted by Crippen LogP contribution is 2.30. The lowest BCUT2D eigenvalue weighted by Gasteiger charge is -2.34. The van der Waals surface area contributed by atoms with Gasteiger partial charge in [0.2, 0.25) is 0 Å². The largest absolute Gasteiger partial charge is 0.464 e. The molecule has 1 aliphatic rings. The summed E-state index contributed by atoms with van der Waals surface area (Å²) in [6, 6.07) is 3.99. The zero-order chi connectivity index (χ0) is 12.3. The number of hydrogen-bond donors (Lipinski definition) is 1. The minimum absolute atomic E-state index is 0.00635. The molecule has 4 nitrogen and oxygen atoms in total. The van der Waals surface area contributed by atoms with Crippen LogP contribution in [0.3, 0.4) is 0 Å². The van der Waals surface area contributed by atoms with Gasteiger partial charge < -0.3 is 14.6 Å². The van der Waals surface area contributed by atoms with Crippen molar-refractivity contribution in [2.24, 2.45) is 0 Å². The summed E-state index contributed by atoms with van der Waals surface area (Å²) in [6.07, 6.45) is 0.